The Kier molecular flexibility index (Phi) is 5.70. The van der Waals surface area contributed by atoms with Crippen LogP contribution in [0.3, 0.4) is 0 Å². The van der Waals surface area contributed by atoms with Crippen molar-refractivity contribution < 1.29 is 23.5 Å². The largest absolute Gasteiger partial charge is 0.460 e. The van der Waals surface area contributed by atoms with Crippen LogP contribution < -0.4 is 10.6 Å². The van der Waals surface area contributed by atoms with E-state index >= 15 is 0 Å². The number of hydrogen-bond donors (Lipinski definition) is 2. The number of rotatable bonds is 6. The number of ether oxygens (including phenoxy) is 2. The number of hydrogen-bond acceptors (Lipinski definition) is 4. The SMILES string of the molecule is CCOCCOC(=O)C1=C(C)NC(=O)N[C@H]1c1ccc(F)cc1. The van der Waals surface area contributed by atoms with E-state index in [1.54, 1.807) is 6.92 Å². The van der Waals surface area contributed by atoms with Crippen molar-refractivity contribution >= 4 is 12.0 Å². The van der Waals surface area contributed by atoms with E-state index in [2.05, 4.69) is 10.6 Å². The van der Waals surface area contributed by atoms with Gasteiger partial charge in [0.25, 0.3) is 0 Å². The number of nitrogens with one attached hydrogen (secondary N) is 2. The van der Waals surface area contributed by atoms with Crippen molar-refractivity contribution in [2.24, 2.45) is 0 Å². The predicted molar refractivity (Wildman–Crippen MR) is 81.0 cm³/mol. The summed E-state index contributed by atoms with van der Waals surface area (Å²) in [6.07, 6.45) is 0. The van der Waals surface area contributed by atoms with E-state index < -0.39 is 23.9 Å². The Labute approximate surface area is 133 Å². The Balaban J connectivity index is 2.20. The zero-order valence-electron chi connectivity index (χ0n) is 13.0. The third kappa shape index (κ3) is 4.29. The molecule has 0 saturated carbocycles. The van der Waals surface area contributed by atoms with Gasteiger partial charge in [0.15, 0.2) is 0 Å². The van der Waals surface area contributed by atoms with E-state index in [0.29, 0.717) is 24.5 Å². The molecule has 6 nitrogen and oxygen atoms in total. The molecule has 2 amide bonds. The number of urea groups is 1. The maximum Gasteiger partial charge on any atom is 0.338 e. The van der Waals surface area contributed by atoms with E-state index in [4.69, 9.17) is 9.47 Å². The molecule has 0 radical (unpaired) electrons. The number of amides is 2. The molecule has 1 aromatic rings. The van der Waals surface area contributed by atoms with Gasteiger partial charge in [-0.3, -0.25) is 0 Å². The highest BCUT2D eigenvalue weighted by Crippen LogP contribution is 2.27. The lowest BCUT2D eigenvalue weighted by atomic mass is 9.95. The summed E-state index contributed by atoms with van der Waals surface area (Å²) < 4.78 is 23.4. The Bertz CT molecular complexity index is 613. The molecule has 23 heavy (non-hydrogen) atoms. The standard InChI is InChI=1S/C16H19FN2O4/c1-3-22-8-9-23-15(20)13-10(2)18-16(21)19-14(13)11-4-6-12(17)7-5-11/h4-7,14H,3,8-9H2,1-2H3,(H2,18,19,21)/t14-/m0/s1. The molecule has 7 heteroatoms. The van der Waals surface area contributed by atoms with Gasteiger partial charge in [-0.1, -0.05) is 12.1 Å². The lowest BCUT2D eigenvalue weighted by Crippen LogP contribution is -2.45. The molecule has 1 aromatic carbocycles. The second kappa shape index (κ2) is 7.73. The first-order chi connectivity index (χ1) is 11.0. The molecule has 2 N–H and O–H groups in total. The zero-order chi connectivity index (χ0) is 16.8. The van der Waals surface area contributed by atoms with Gasteiger partial charge in [0.1, 0.15) is 12.4 Å². The van der Waals surface area contributed by atoms with Gasteiger partial charge in [-0.25, -0.2) is 14.0 Å². The van der Waals surface area contributed by atoms with Crippen molar-refractivity contribution in [3.63, 3.8) is 0 Å². The van der Waals surface area contributed by atoms with E-state index in [-0.39, 0.29) is 12.2 Å². The highest BCUT2D eigenvalue weighted by atomic mass is 19.1. The third-order valence-electron chi connectivity index (χ3n) is 3.36. The Morgan fingerprint density at radius 1 is 1.26 bits per heavy atom. The van der Waals surface area contributed by atoms with Crippen LogP contribution >= 0.6 is 0 Å². The van der Waals surface area contributed by atoms with Gasteiger partial charge in [-0.2, -0.15) is 0 Å². The molecular weight excluding hydrogens is 303 g/mol. The van der Waals surface area contributed by atoms with Crippen LogP contribution in [0.4, 0.5) is 9.18 Å². The van der Waals surface area contributed by atoms with Gasteiger partial charge in [0.2, 0.25) is 0 Å². The zero-order valence-corrected chi connectivity index (χ0v) is 13.0. The molecule has 1 aliphatic heterocycles. The van der Waals surface area contributed by atoms with Gasteiger partial charge in [0, 0.05) is 12.3 Å². The summed E-state index contributed by atoms with van der Waals surface area (Å²) in [5.41, 5.74) is 1.29. The summed E-state index contributed by atoms with van der Waals surface area (Å²) in [6.45, 7) is 4.42. The molecule has 0 aromatic heterocycles. The van der Waals surface area contributed by atoms with E-state index in [0.717, 1.165) is 0 Å². The normalized spacial score (nSPS) is 17.5. The van der Waals surface area contributed by atoms with E-state index in [1.165, 1.54) is 24.3 Å². The van der Waals surface area contributed by atoms with Gasteiger partial charge in [-0.05, 0) is 31.5 Å². The summed E-state index contributed by atoms with van der Waals surface area (Å²) in [4.78, 5) is 24.0. The molecule has 0 aliphatic carbocycles. The van der Waals surface area contributed by atoms with Crippen molar-refractivity contribution in [1.82, 2.24) is 10.6 Å². The molecule has 1 heterocycles. The molecular formula is C16H19FN2O4. The molecule has 1 atom stereocenters. The van der Waals surface area contributed by atoms with Gasteiger partial charge in [-0.15, -0.1) is 0 Å². The van der Waals surface area contributed by atoms with Gasteiger partial charge >= 0.3 is 12.0 Å². The lowest BCUT2D eigenvalue weighted by Gasteiger charge is -2.28. The fraction of sp³-hybridized carbons (Fsp3) is 0.375. The van der Waals surface area contributed by atoms with Gasteiger partial charge < -0.3 is 20.1 Å². The predicted octanol–water partition coefficient (Wildman–Crippen LogP) is 2.03. The van der Waals surface area contributed by atoms with E-state index in [9.17, 15) is 14.0 Å². The maximum atomic E-state index is 13.1. The van der Waals surface area contributed by atoms with Crippen LogP contribution in [0.5, 0.6) is 0 Å². The summed E-state index contributed by atoms with van der Waals surface area (Å²) in [5, 5.41) is 5.20. The van der Waals surface area contributed by atoms with Crippen LogP contribution in [0, 0.1) is 5.82 Å². The number of allylic oxidation sites excluding steroid dienone is 1. The van der Waals surface area contributed by atoms with Crippen LogP contribution in [0.1, 0.15) is 25.5 Å². The Morgan fingerprint density at radius 3 is 2.61 bits per heavy atom. The first kappa shape index (κ1) is 17.0. The van der Waals surface area contributed by atoms with Crippen molar-refractivity contribution in [3.8, 4) is 0 Å². The monoisotopic (exact) mass is 322 g/mol. The number of carbonyl (C=O) groups is 2. The summed E-state index contributed by atoms with van der Waals surface area (Å²) in [7, 11) is 0. The van der Waals surface area contributed by atoms with Crippen LogP contribution in [0.15, 0.2) is 35.5 Å². The minimum Gasteiger partial charge on any atom is -0.460 e. The minimum atomic E-state index is -0.691. The summed E-state index contributed by atoms with van der Waals surface area (Å²) >= 11 is 0. The van der Waals surface area contributed by atoms with Crippen molar-refractivity contribution in [3.05, 3.63) is 46.9 Å². The molecule has 0 fully saturated rings. The molecule has 0 unspecified atom stereocenters. The molecule has 0 bridgehead atoms. The van der Waals surface area contributed by atoms with Crippen LogP contribution in [0.25, 0.3) is 0 Å². The van der Waals surface area contributed by atoms with Crippen molar-refractivity contribution in [2.45, 2.75) is 19.9 Å². The smallest absolute Gasteiger partial charge is 0.338 e. The highest BCUT2D eigenvalue weighted by Gasteiger charge is 2.32. The first-order valence-electron chi connectivity index (χ1n) is 7.31. The Hall–Kier alpha value is -2.41. The van der Waals surface area contributed by atoms with Crippen molar-refractivity contribution in [1.29, 1.82) is 0 Å². The molecule has 2 rings (SSSR count). The fourth-order valence-electron chi connectivity index (χ4n) is 2.29. The number of carbonyl (C=O) groups excluding carboxylic acids is 2. The number of esters is 1. The lowest BCUT2D eigenvalue weighted by molar-refractivity contribution is -0.141. The molecule has 1 aliphatic rings. The summed E-state index contributed by atoms with van der Waals surface area (Å²) in [5.74, 6) is -0.945. The van der Waals surface area contributed by atoms with Gasteiger partial charge in [0.05, 0.1) is 18.2 Å². The average Bonchev–Trinajstić information content (AvgIpc) is 2.51. The fourth-order valence-corrected chi connectivity index (χ4v) is 2.29. The van der Waals surface area contributed by atoms with Crippen LogP contribution in [-0.4, -0.2) is 31.8 Å². The Morgan fingerprint density at radius 2 is 1.96 bits per heavy atom. The maximum absolute atomic E-state index is 13.1. The molecule has 124 valence electrons. The molecule has 0 spiro atoms. The number of halogens is 1. The topological polar surface area (TPSA) is 76.7 Å². The third-order valence-corrected chi connectivity index (χ3v) is 3.36. The molecule has 0 saturated heterocycles. The van der Waals surface area contributed by atoms with Crippen molar-refractivity contribution in [2.75, 3.05) is 19.8 Å². The van der Waals surface area contributed by atoms with Crippen LogP contribution in [-0.2, 0) is 14.3 Å². The average molecular weight is 322 g/mol. The quantitative estimate of drug-likeness (QED) is 0.621. The first-order valence-corrected chi connectivity index (χ1v) is 7.31. The summed E-state index contributed by atoms with van der Waals surface area (Å²) in [6, 6.07) is 4.47. The second-order valence-corrected chi connectivity index (χ2v) is 4.95. The minimum absolute atomic E-state index is 0.119. The highest BCUT2D eigenvalue weighted by molar-refractivity contribution is 5.95. The van der Waals surface area contributed by atoms with E-state index in [1.807, 2.05) is 6.92 Å². The second-order valence-electron chi connectivity index (χ2n) is 4.95. The number of benzene rings is 1. The van der Waals surface area contributed by atoms with Crippen LogP contribution in [0.2, 0.25) is 0 Å².